The van der Waals surface area contributed by atoms with Crippen LogP contribution in [-0.4, -0.2) is 71.8 Å². The van der Waals surface area contributed by atoms with Crippen LogP contribution in [0.3, 0.4) is 0 Å². The highest BCUT2D eigenvalue weighted by Crippen LogP contribution is 2.37. The third-order valence-electron chi connectivity index (χ3n) is 6.94. The Morgan fingerprint density at radius 3 is 2.26 bits per heavy atom. The Kier molecular flexibility index (Phi) is 8.31. The highest BCUT2D eigenvalue weighted by Gasteiger charge is 2.38. The smallest absolute Gasteiger partial charge is 0.336 e. The Balaban J connectivity index is 1.47. The number of rotatable bonds is 7. The molecule has 2 aliphatic rings. The summed E-state index contributed by atoms with van der Waals surface area (Å²) in [4.78, 5) is 54.9. The number of anilines is 1. The second-order valence-electron chi connectivity index (χ2n) is 9.15. The molecule has 0 aliphatic carbocycles. The van der Waals surface area contributed by atoms with Crippen molar-refractivity contribution in [3.05, 3.63) is 80.5 Å². The van der Waals surface area contributed by atoms with Gasteiger partial charge in [0.15, 0.2) is 0 Å². The monoisotopic (exact) mass is 540 g/mol. The molecule has 1 saturated heterocycles. The minimum Gasteiger partial charge on any atom is -0.463 e. The van der Waals surface area contributed by atoms with Gasteiger partial charge in [0.25, 0.3) is 5.69 Å². The molecule has 1 fully saturated rings. The molecule has 1 atom stereocenters. The standard InChI is InChI=1S/C27H29ClN4O6/c1-3-38-27(35)26-18(2)31(24(33)16-23(26)19-4-6-20(28)7-5-19)17-25(34)30-14-12-29(13-15-30)21-8-10-22(11-9-21)32(36)37/h4-11,23H,3,12-17H2,1-2H3. The molecule has 200 valence electrons. The lowest BCUT2D eigenvalue weighted by atomic mass is 9.83. The van der Waals surface area contributed by atoms with Gasteiger partial charge in [-0.1, -0.05) is 23.7 Å². The van der Waals surface area contributed by atoms with Gasteiger partial charge in [-0.05, 0) is 43.7 Å². The number of hydrogen-bond donors (Lipinski definition) is 0. The predicted molar refractivity (Wildman–Crippen MR) is 142 cm³/mol. The number of piperazine rings is 1. The average molecular weight is 541 g/mol. The molecular weight excluding hydrogens is 512 g/mol. The van der Waals surface area contributed by atoms with Crippen molar-refractivity contribution in [2.24, 2.45) is 0 Å². The van der Waals surface area contributed by atoms with Crippen LogP contribution in [0.25, 0.3) is 0 Å². The molecule has 38 heavy (non-hydrogen) atoms. The zero-order chi connectivity index (χ0) is 27.4. The molecule has 2 aromatic rings. The molecule has 0 N–H and O–H groups in total. The van der Waals surface area contributed by atoms with Crippen molar-refractivity contribution in [2.45, 2.75) is 26.2 Å². The number of hydrogen-bond acceptors (Lipinski definition) is 7. The van der Waals surface area contributed by atoms with Crippen LogP contribution in [0.1, 0.15) is 31.7 Å². The second-order valence-corrected chi connectivity index (χ2v) is 9.59. The molecule has 11 heteroatoms. The normalized spacial score (nSPS) is 18.0. The zero-order valence-corrected chi connectivity index (χ0v) is 22.0. The van der Waals surface area contributed by atoms with E-state index < -0.39 is 16.8 Å². The van der Waals surface area contributed by atoms with Gasteiger partial charge in [0.05, 0.1) is 17.1 Å². The van der Waals surface area contributed by atoms with Gasteiger partial charge in [-0.15, -0.1) is 0 Å². The molecule has 0 radical (unpaired) electrons. The Bertz CT molecular complexity index is 1250. The fourth-order valence-corrected chi connectivity index (χ4v) is 5.02. The first-order valence-electron chi connectivity index (χ1n) is 12.4. The van der Waals surface area contributed by atoms with E-state index in [1.165, 1.54) is 17.0 Å². The van der Waals surface area contributed by atoms with E-state index in [1.54, 1.807) is 55.1 Å². The molecule has 4 rings (SSSR count). The van der Waals surface area contributed by atoms with Crippen LogP contribution < -0.4 is 4.90 Å². The van der Waals surface area contributed by atoms with E-state index in [1.807, 2.05) is 0 Å². The Hall–Kier alpha value is -3.92. The molecule has 0 bridgehead atoms. The Labute approximate surface area is 225 Å². The van der Waals surface area contributed by atoms with Crippen LogP contribution in [0, 0.1) is 10.1 Å². The fourth-order valence-electron chi connectivity index (χ4n) is 4.89. The SMILES string of the molecule is CCOC(=O)C1=C(C)N(CC(=O)N2CCN(c3ccc([N+](=O)[O-])cc3)CC2)C(=O)CC1c1ccc(Cl)cc1. The number of carbonyl (C=O) groups is 3. The third-order valence-corrected chi connectivity index (χ3v) is 7.19. The van der Waals surface area contributed by atoms with Crippen molar-refractivity contribution < 1.29 is 24.0 Å². The Morgan fingerprint density at radius 2 is 1.68 bits per heavy atom. The summed E-state index contributed by atoms with van der Waals surface area (Å²) in [5, 5.41) is 11.4. The summed E-state index contributed by atoms with van der Waals surface area (Å²) in [5.41, 5.74) is 2.43. The number of esters is 1. The molecule has 0 aromatic heterocycles. The van der Waals surface area contributed by atoms with E-state index in [2.05, 4.69) is 4.90 Å². The highest BCUT2D eigenvalue weighted by atomic mass is 35.5. The van der Waals surface area contributed by atoms with E-state index >= 15 is 0 Å². The Morgan fingerprint density at radius 1 is 1.05 bits per heavy atom. The minimum absolute atomic E-state index is 0.0256. The first-order chi connectivity index (χ1) is 18.2. The van der Waals surface area contributed by atoms with Gasteiger partial charge in [0.2, 0.25) is 11.8 Å². The summed E-state index contributed by atoms with van der Waals surface area (Å²) < 4.78 is 5.31. The van der Waals surface area contributed by atoms with E-state index in [9.17, 15) is 24.5 Å². The van der Waals surface area contributed by atoms with Crippen LogP contribution >= 0.6 is 11.6 Å². The molecule has 2 heterocycles. The number of ether oxygens (including phenoxy) is 1. The van der Waals surface area contributed by atoms with E-state index in [-0.39, 0.29) is 37.1 Å². The number of nitro benzene ring substituents is 1. The maximum atomic E-state index is 13.2. The number of nitrogens with zero attached hydrogens (tertiary/aromatic N) is 4. The van der Waals surface area contributed by atoms with Gasteiger partial charge in [0.1, 0.15) is 6.54 Å². The fraction of sp³-hybridized carbons (Fsp3) is 0.370. The van der Waals surface area contributed by atoms with E-state index in [0.29, 0.717) is 42.5 Å². The van der Waals surface area contributed by atoms with Crippen LogP contribution in [0.2, 0.25) is 5.02 Å². The van der Waals surface area contributed by atoms with Crippen LogP contribution in [0.5, 0.6) is 0 Å². The van der Waals surface area contributed by atoms with Crippen molar-refractivity contribution in [2.75, 3.05) is 44.2 Å². The number of carbonyl (C=O) groups excluding carboxylic acids is 3. The van der Waals surface area contributed by atoms with Gasteiger partial charge in [-0.3, -0.25) is 19.7 Å². The summed E-state index contributed by atoms with van der Waals surface area (Å²) in [6, 6.07) is 13.3. The number of non-ortho nitro benzene ring substituents is 1. The summed E-state index contributed by atoms with van der Waals surface area (Å²) in [6.45, 7) is 5.41. The summed E-state index contributed by atoms with van der Waals surface area (Å²) in [5.74, 6) is -1.45. The van der Waals surface area contributed by atoms with Crippen molar-refractivity contribution in [3.8, 4) is 0 Å². The number of amides is 2. The molecule has 2 aromatic carbocycles. The summed E-state index contributed by atoms with van der Waals surface area (Å²) in [6.07, 6.45) is 0.0360. The van der Waals surface area contributed by atoms with E-state index in [4.69, 9.17) is 16.3 Å². The molecule has 2 amide bonds. The van der Waals surface area contributed by atoms with Crippen molar-refractivity contribution in [3.63, 3.8) is 0 Å². The quantitative estimate of drug-likeness (QED) is 0.298. The number of benzene rings is 2. The topological polar surface area (TPSA) is 113 Å². The number of nitro groups is 1. The van der Waals surface area contributed by atoms with Crippen molar-refractivity contribution in [1.29, 1.82) is 0 Å². The van der Waals surface area contributed by atoms with Gasteiger partial charge in [-0.2, -0.15) is 0 Å². The summed E-state index contributed by atoms with van der Waals surface area (Å²) >= 11 is 6.02. The molecule has 0 saturated carbocycles. The lowest BCUT2D eigenvalue weighted by molar-refractivity contribution is -0.384. The largest absolute Gasteiger partial charge is 0.463 e. The third kappa shape index (κ3) is 5.80. The summed E-state index contributed by atoms with van der Waals surface area (Å²) in [7, 11) is 0. The van der Waals surface area contributed by atoms with Gasteiger partial charge in [-0.25, -0.2) is 4.79 Å². The van der Waals surface area contributed by atoms with Gasteiger partial charge >= 0.3 is 5.97 Å². The maximum Gasteiger partial charge on any atom is 0.336 e. The van der Waals surface area contributed by atoms with Crippen LogP contribution in [0.4, 0.5) is 11.4 Å². The van der Waals surface area contributed by atoms with Crippen LogP contribution in [-0.2, 0) is 19.1 Å². The maximum absolute atomic E-state index is 13.2. The second kappa shape index (κ2) is 11.6. The number of allylic oxidation sites excluding steroid dienone is 1. The predicted octanol–water partition coefficient (Wildman–Crippen LogP) is 3.75. The highest BCUT2D eigenvalue weighted by molar-refractivity contribution is 6.30. The number of halogens is 1. The van der Waals surface area contributed by atoms with Crippen molar-refractivity contribution in [1.82, 2.24) is 9.80 Å². The molecule has 10 nitrogen and oxygen atoms in total. The van der Waals surface area contributed by atoms with Crippen LogP contribution in [0.15, 0.2) is 59.8 Å². The minimum atomic E-state index is -0.508. The molecular formula is C27H29ClN4O6. The lowest BCUT2D eigenvalue weighted by Gasteiger charge is -2.38. The molecule has 1 unspecified atom stereocenters. The van der Waals surface area contributed by atoms with E-state index in [0.717, 1.165) is 11.3 Å². The average Bonchev–Trinajstić information content (AvgIpc) is 2.91. The van der Waals surface area contributed by atoms with Gasteiger partial charge in [0, 0.05) is 67.1 Å². The molecule has 2 aliphatic heterocycles. The first-order valence-corrected chi connectivity index (χ1v) is 12.8. The van der Waals surface area contributed by atoms with Gasteiger partial charge < -0.3 is 19.4 Å². The first kappa shape index (κ1) is 27.1. The zero-order valence-electron chi connectivity index (χ0n) is 21.3. The van der Waals surface area contributed by atoms with Crippen molar-refractivity contribution >= 4 is 40.8 Å². The molecule has 0 spiro atoms. The lowest BCUT2D eigenvalue weighted by Crippen LogP contribution is -2.52.